The molecule has 1 rings (SSSR count). The average molecular weight is 229 g/mol. The van der Waals surface area contributed by atoms with Crippen LogP contribution in [0.3, 0.4) is 0 Å². The standard InChI is InChI=1S/C8H11N3O3S/c1-2-14-8(13)11-7-10-5(4-15-7)3-6(9)12/h4H,2-3H2,1H3,(H2,9,12)(H,10,11,13). The number of thiazole rings is 1. The highest BCUT2D eigenvalue weighted by Crippen LogP contribution is 2.15. The van der Waals surface area contributed by atoms with Crippen LogP contribution in [0.1, 0.15) is 12.6 Å². The molecule has 0 spiro atoms. The minimum absolute atomic E-state index is 0.0704. The van der Waals surface area contributed by atoms with Gasteiger partial charge in [-0.2, -0.15) is 0 Å². The van der Waals surface area contributed by atoms with Gasteiger partial charge in [0.2, 0.25) is 5.91 Å². The molecular formula is C8H11N3O3S. The molecule has 0 unspecified atom stereocenters. The van der Waals surface area contributed by atoms with Gasteiger partial charge in [-0.25, -0.2) is 9.78 Å². The fraction of sp³-hybridized carbons (Fsp3) is 0.375. The monoisotopic (exact) mass is 229 g/mol. The van der Waals surface area contributed by atoms with Crippen LogP contribution in [0.25, 0.3) is 0 Å². The molecule has 0 fully saturated rings. The van der Waals surface area contributed by atoms with E-state index < -0.39 is 12.0 Å². The molecule has 15 heavy (non-hydrogen) atoms. The van der Waals surface area contributed by atoms with Crippen LogP contribution >= 0.6 is 11.3 Å². The molecule has 7 heteroatoms. The van der Waals surface area contributed by atoms with Gasteiger partial charge in [0.1, 0.15) is 0 Å². The van der Waals surface area contributed by atoms with Gasteiger partial charge >= 0.3 is 6.09 Å². The zero-order valence-corrected chi connectivity index (χ0v) is 8.97. The second-order valence-corrected chi connectivity index (χ2v) is 3.49. The quantitative estimate of drug-likeness (QED) is 0.796. The van der Waals surface area contributed by atoms with Gasteiger partial charge < -0.3 is 10.5 Å². The van der Waals surface area contributed by atoms with Gasteiger partial charge in [0.15, 0.2) is 5.13 Å². The molecule has 0 atom stereocenters. The highest BCUT2D eigenvalue weighted by Gasteiger charge is 2.07. The van der Waals surface area contributed by atoms with E-state index in [9.17, 15) is 9.59 Å². The normalized spacial score (nSPS) is 9.67. The number of carbonyl (C=O) groups excluding carboxylic acids is 2. The largest absolute Gasteiger partial charge is 0.450 e. The number of rotatable bonds is 4. The number of amides is 2. The molecule has 0 bridgehead atoms. The number of carbonyl (C=O) groups is 2. The van der Waals surface area contributed by atoms with Crippen molar-refractivity contribution in [3.8, 4) is 0 Å². The highest BCUT2D eigenvalue weighted by molar-refractivity contribution is 7.13. The lowest BCUT2D eigenvalue weighted by atomic mass is 10.3. The minimum Gasteiger partial charge on any atom is -0.450 e. The molecule has 0 aliphatic carbocycles. The maximum atomic E-state index is 11.0. The maximum Gasteiger partial charge on any atom is 0.413 e. The molecule has 0 radical (unpaired) electrons. The summed E-state index contributed by atoms with van der Waals surface area (Å²) in [5.41, 5.74) is 5.54. The lowest BCUT2D eigenvalue weighted by Gasteiger charge is -2.00. The molecule has 3 N–H and O–H groups in total. The first-order valence-electron chi connectivity index (χ1n) is 4.28. The predicted octanol–water partition coefficient (Wildman–Crippen LogP) is 0.739. The summed E-state index contributed by atoms with van der Waals surface area (Å²) >= 11 is 1.21. The van der Waals surface area contributed by atoms with Gasteiger partial charge in [-0.1, -0.05) is 0 Å². The van der Waals surface area contributed by atoms with Gasteiger partial charge in [-0.3, -0.25) is 10.1 Å². The van der Waals surface area contributed by atoms with Crippen molar-refractivity contribution in [2.24, 2.45) is 5.73 Å². The number of nitrogens with two attached hydrogens (primary N) is 1. The van der Waals surface area contributed by atoms with Gasteiger partial charge in [-0.15, -0.1) is 11.3 Å². The number of nitrogens with zero attached hydrogens (tertiary/aromatic N) is 1. The molecule has 1 aromatic rings. The Hall–Kier alpha value is -1.63. The number of aromatic nitrogens is 1. The summed E-state index contributed by atoms with van der Waals surface area (Å²) < 4.78 is 4.66. The van der Waals surface area contributed by atoms with E-state index in [1.54, 1.807) is 12.3 Å². The summed E-state index contributed by atoms with van der Waals surface area (Å²) in [5, 5.41) is 4.48. The first-order valence-corrected chi connectivity index (χ1v) is 5.16. The van der Waals surface area contributed by atoms with Crippen LogP contribution in [0.2, 0.25) is 0 Å². The molecule has 0 aliphatic heterocycles. The van der Waals surface area contributed by atoms with Gasteiger partial charge in [0.05, 0.1) is 18.7 Å². The second-order valence-electron chi connectivity index (χ2n) is 2.63. The van der Waals surface area contributed by atoms with Crippen molar-refractivity contribution >= 4 is 28.5 Å². The Kier molecular flexibility index (Phi) is 4.04. The van der Waals surface area contributed by atoms with Crippen molar-refractivity contribution in [1.29, 1.82) is 0 Å². The van der Waals surface area contributed by atoms with Crippen LogP contribution in [0, 0.1) is 0 Å². The summed E-state index contributed by atoms with van der Waals surface area (Å²) in [5.74, 6) is -0.456. The zero-order chi connectivity index (χ0) is 11.3. The lowest BCUT2D eigenvalue weighted by molar-refractivity contribution is -0.117. The summed E-state index contributed by atoms with van der Waals surface area (Å²) in [6, 6.07) is 0. The van der Waals surface area contributed by atoms with Crippen molar-refractivity contribution in [3.05, 3.63) is 11.1 Å². The van der Waals surface area contributed by atoms with Crippen LogP contribution in [0.4, 0.5) is 9.93 Å². The summed E-state index contributed by atoms with van der Waals surface area (Å²) in [4.78, 5) is 25.5. The number of hydrogen-bond acceptors (Lipinski definition) is 5. The number of ether oxygens (including phenoxy) is 1. The van der Waals surface area contributed by atoms with Gasteiger partial charge in [0, 0.05) is 5.38 Å². The van der Waals surface area contributed by atoms with E-state index in [4.69, 9.17) is 5.73 Å². The smallest absolute Gasteiger partial charge is 0.413 e. The van der Waals surface area contributed by atoms with Crippen LogP contribution in [-0.2, 0) is 16.0 Å². The predicted molar refractivity (Wildman–Crippen MR) is 55.7 cm³/mol. The molecule has 0 aliphatic rings. The number of hydrogen-bond donors (Lipinski definition) is 2. The molecule has 0 aromatic carbocycles. The minimum atomic E-state index is -0.558. The maximum absolute atomic E-state index is 11.0. The SMILES string of the molecule is CCOC(=O)Nc1nc(CC(N)=O)cs1. The molecule has 1 aromatic heterocycles. The van der Waals surface area contributed by atoms with E-state index >= 15 is 0 Å². The van der Waals surface area contributed by atoms with Crippen molar-refractivity contribution in [2.75, 3.05) is 11.9 Å². The van der Waals surface area contributed by atoms with Crippen LogP contribution in [-0.4, -0.2) is 23.6 Å². The Morgan fingerprint density at radius 3 is 3.00 bits per heavy atom. The molecule has 1 heterocycles. The van der Waals surface area contributed by atoms with Crippen molar-refractivity contribution in [1.82, 2.24) is 4.98 Å². The fourth-order valence-corrected chi connectivity index (χ4v) is 1.57. The first kappa shape index (κ1) is 11.4. The molecule has 2 amide bonds. The lowest BCUT2D eigenvalue weighted by Crippen LogP contribution is -2.15. The van der Waals surface area contributed by atoms with E-state index in [2.05, 4.69) is 15.0 Å². The van der Waals surface area contributed by atoms with E-state index in [0.717, 1.165) is 0 Å². The molecular weight excluding hydrogens is 218 g/mol. The second kappa shape index (κ2) is 5.30. The first-order chi connectivity index (χ1) is 7.11. The highest BCUT2D eigenvalue weighted by atomic mass is 32.1. The van der Waals surface area contributed by atoms with Crippen molar-refractivity contribution in [3.63, 3.8) is 0 Å². The molecule has 6 nitrogen and oxygen atoms in total. The average Bonchev–Trinajstić information content (AvgIpc) is 2.51. The third-order valence-corrected chi connectivity index (χ3v) is 2.20. The Balaban J connectivity index is 2.52. The van der Waals surface area contributed by atoms with E-state index in [1.165, 1.54) is 11.3 Å². The van der Waals surface area contributed by atoms with E-state index in [0.29, 0.717) is 17.4 Å². The van der Waals surface area contributed by atoms with Crippen molar-refractivity contribution in [2.45, 2.75) is 13.3 Å². The summed E-state index contributed by atoms with van der Waals surface area (Å²) in [7, 11) is 0. The number of primary amides is 1. The van der Waals surface area contributed by atoms with Crippen LogP contribution in [0.5, 0.6) is 0 Å². The van der Waals surface area contributed by atoms with E-state index in [-0.39, 0.29) is 6.42 Å². The zero-order valence-electron chi connectivity index (χ0n) is 8.15. The van der Waals surface area contributed by atoms with Gasteiger partial charge in [-0.05, 0) is 6.92 Å². The third-order valence-electron chi connectivity index (χ3n) is 1.39. The molecule has 82 valence electrons. The van der Waals surface area contributed by atoms with E-state index in [1.807, 2.05) is 0 Å². The van der Waals surface area contributed by atoms with Crippen molar-refractivity contribution < 1.29 is 14.3 Å². The van der Waals surface area contributed by atoms with Gasteiger partial charge in [0.25, 0.3) is 0 Å². The molecule has 0 saturated heterocycles. The summed E-state index contributed by atoms with van der Waals surface area (Å²) in [6.45, 7) is 2.01. The van der Waals surface area contributed by atoms with Crippen LogP contribution < -0.4 is 11.1 Å². The van der Waals surface area contributed by atoms with Crippen LogP contribution in [0.15, 0.2) is 5.38 Å². The Bertz CT molecular complexity index is 364. The fourth-order valence-electron chi connectivity index (χ4n) is 0.879. The Labute approximate surface area is 90.4 Å². The number of nitrogens with one attached hydrogen (secondary N) is 1. The Morgan fingerprint density at radius 2 is 2.40 bits per heavy atom. The Morgan fingerprint density at radius 1 is 1.67 bits per heavy atom. The summed E-state index contributed by atoms with van der Waals surface area (Å²) in [6.07, 6.45) is -0.487. The number of anilines is 1. The molecule has 0 saturated carbocycles. The third kappa shape index (κ3) is 3.94. The topological polar surface area (TPSA) is 94.3 Å².